The smallest absolute Gasteiger partial charge is 0.181 e. The Bertz CT molecular complexity index is 1110. The third kappa shape index (κ3) is 3.73. The summed E-state index contributed by atoms with van der Waals surface area (Å²) in [7, 11) is 1.39. The van der Waals surface area contributed by atoms with Gasteiger partial charge in [-0.1, -0.05) is 12.1 Å². The molecular formula is C22H17FN2O2S. The molecule has 0 aliphatic rings. The largest absolute Gasteiger partial charge is 0.494 e. The van der Waals surface area contributed by atoms with E-state index in [0.29, 0.717) is 5.56 Å². The van der Waals surface area contributed by atoms with E-state index in [-0.39, 0.29) is 18.1 Å². The molecule has 4 nitrogen and oxygen atoms in total. The van der Waals surface area contributed by atoms with Crippen molar-refractivity contribution in [3.8, 4) is 16.3 Å². The van der Waals surface area contributed by atoms with Crippen molar-refractivity contribution < 1.29 is 13.9 Å². The second-order valence-electron chi connectivity index (χ2n) is 6.19. The Morgan fingerprint density at radius 2 is 1.89 bits per heavy atom. The summed E-state index contributed by atoms with van der Waals surface area (Å²) >= 11 is 1.64. The number of carbonyl (C=O) groups is 1. The van der Waals surface area contributed by atoms with Gasteiger partial charge in [-0.25, -0.2) is 9.37 Å². The summed E-state index contributed by atoms with van der Waals surface area (Å²) in [6, 6.07) is 20.0. The standard InChI is InChI=1S/C22H17FN2O2S/c1-27-20-11-8-15(12-17(20)23)19(26)13-24-16-9-6-14(7-10-16)22-25-18-4-2-3-5-21(18)28-22/h2-12,24H,13H2,1H3. The van der Waals surface area contributed by atoms with E-state index in [2.05, 4.69) is 16.4 Å². The number of fused-ring (bicyclic) bond motifs is 1. The second kappa shape index (κ2) is 7.78. The summed E-state index contributed by atoms with van der Waals surface area (Å²) in [5.74, 6) is -0.625. The highest BCUT2D eigenvalue weighted by Gasteiger charge is 2.10. The van der Waals surface area contributed by atoms with E-state index in [0.717, 1.165) is 26.5 Å². The number of benzene rings is 3. The van der Waals surface area contributed by atoms with E-state index in [9.17, 15) is 9.18 Å². The third-order valence-electron chi connectivity index (χ3n) is 4.35. The molecule has 0 aliphatic carbocycles. The minimum Gasteiger partial charge on any atom is -0.494 e. The van der Waals surface area contributed by atoms with Crippen LogP contribution in [-0.4, -0.2) is 24.4 Å². The molecule has 0 radical (unpaired) electrons. The predicted octanol–water partition coefficient (Wildman–Crippen LogP) is 5.41. The molecule has 0 unspecified atom stereocenters. The molecule has 0 spiro atoms. The average Bonchev–Trinajstić information content (AvgIpc) is 3.16. The van der Waals surface area contributed by atoms with Crippen LogP contribution in [0.3, 0.4) is 0 Å². The van der Waals surface area contributed by atoms with E-state index in [1.807, 2.05) is 42.5 Å². The van der Waals surface area contributed by atoms with Gasteiger partial charge in [-0.2, -0.15) is 0 Å². The molecule has 0 bridgehead atoms. The van der Waals surface area contributed by atoms with Crippen molar-refractivity contribution in [3.05, 3.63) is 78.1 Å². The van der Waals surface area contributed by atoms with E-state index >= 15 is 0 Å². The Morgan fingerprint density at radius 1 is 1.11 bits per heavy atom. The van der Waals surface area contributed by atoms with Crippen LogP contribution in [0.25, 0.3) is 20.8 Å². The fourth-order valence-corrected chi connectivity index (χ4v) is 3.82. The fourth-order valence-electron chi connectivity index (χ4n) is 2.85. The van der Waals surface area contributed by atoms with E-state index in [1.165, 1.54) is 19.2 Å². The van der Waals surface area contributed by atoms with Gasteiger partial charge in [0, 0.05) is 16.8 Å². The maximum absolute atomic E-state index is 13.8. The molecule has 1 aromatic heterocycles. The number of Topliss-reactive ketones (excluding diaryl/α,β-unsaturated/α-hetero) is 1. The molecule has 0 aliphatic heterocycles. The fraction of sp³-hybridized carbons (Fsp3) is 0.0909. The summed E-state index contributed by atoms with van der Waals surface area (Å²) in [4.78, 5) is 16.9. The zero-order chi connectivity index (χ0) is 19.5. The Labute approximate surface area is 165 Å². The first-order chi connectivity index (χ1) is 13.6. The molecule has 0 saturated heterocycles. The molecule has 0 amide bonds. The van der Waals surface area contributed by atoms with Crippen molar-refractivity contribution in [2.75, 3.05) is 19.0 Å². The normalized spacial score (nSPS) is 10.8. The Hall–Kier alpha value is -3.25. The number of hydrogen-bond donors (Lipinski definition) is 1. The molecule has 140 valence electrons. The summed E-state index contributed by atoms with van der Waals surface area (Å²) in [6.07, 6.45) is 0. The molecule has 0 fully saturated rings. The molecule has 1 N–H and O–H groups in total. The number of rotatable bonds is 6. The first-order valence-electron chi connectivity index (χ1n) is 8.70. The van der Waals surface area contributed by atoms with Gasteiger partial charge in [-0.15, -0.1) is 11.3 Å². The summed E-state index contributed by atoms with van der Waals surface area (Å²) in [6.45, 7) is 0.0756. The highest BCUT2D eigenvalue weighted by Crippen LogP contribution is 2.30. The number of methoxy groups -OCH3 is 1. The van der Waals surface area contributed by atoms with Crippen LogP contribution in [0.2, 0.25) is 0 Å². The molecule has 0 atom stereocenters. The van der Waals surface area contributed by atoms with Crippen LogP contribution in [0.5, 0.6) is 5.75 Å². The van der Waals surface area contributed by atoms with Gasteiger partial charge in [0.15, 0.2) is 17.3 Å². The number of hydrogen-bond acceptors (Lipinski definition) is 5. The average molecular weight is 392 g/mol. The lowest BCUT2D eigenvalue weighted by Crippen LogP contribution is -2.14. The van der Waals surface area contributed by atoms with Gasteiger partial charge in [0.25, 0.3) is 0 Å². The maximum Gasteiger partial charge on any atom is 0.181 e. The van der Waals surface area contributed by atoms with Crippen LogP contribution in [0.4, 0.5) is 10.1 Å². The van der Waals surface area contributed by atoms with Crippen LogP contribution in [0.1, 0.15) is 10.4 Å². The summed E-state index contributed by atoms with van der Waals surface area (Å²) in [5, 5.41) is 4.03. The van der Waals surface area contributed by atoms with Crippen LogP contribution >= 0.6 is 11.3 Å². The van der Waals surface area contributed by atoms with Gasteiger partial charge in [-0.3, -0.25) is 4.79 Å². The van der Waals surface area contributed by atoms with Crippen molar-refractivity contribution in [2.24, 2.45) is 0 Å². The zero-order valence-electron chi connectivity index (χ0n) is 15.1. The SMILES string of the molecule is COc1ccc(C(=O)CNc2ccc(-c3nc4ccccc4s3)cc2)cc1F. The number of aromatic nitrogens is 1. The number of thiazole rings is 1. The van der Waals surface area contributed by atoms with Crippen LogP contribution < -0.4 is 10.1 Å². The van der Waals surface area contributed by atoms with Gasteiger partial charge in [0.1, 0.15) is 5.01 Å². The zero-order valence-corrected chi connectivity index (χ0v) is 15.9. The molecule has 4 aromatic rings. The molecular weight excluding hydrogens is 375 g/mol. The summed E-state index contributed by atoms with van der Waals surface area (Å²) in [5.41, 5.74) is 3.13. The van der Waals surface area contributed by atoms with Gasteiger partial charge in [-0.05, 0) is 54.6 Å². The van der Waals surface area contributed by atoms with E-state index < -0.39 is 5.82 Å². The Kier molecular flexibility index (Phi) is 5.04. The molecule has 28 heavy (non-hydrogen) atoms. The predicted molar refractivity (Wildman–Crippen MR) is 111 cm³/mol. The van der Waals surface area contributed by atoms with Gasteiger partial charge in [0.05, 0.1) is 23.9 Å². The Balaban J connectivity index is 1.43. The lowest BCUT2D eigenvalue weighted by molar-refractivity contribution is 0.101. The lowest BCUT2D eigenvalue weighted by Gasteiger charge is -2.08. The van der Waals surface area contributed by atoms with Crippen molar-refractivity contribution in [2.45, 2.75) is 0 Å². The summed E-state index contributed by atoms with van der Waals surface area (Å²) < 4.78 is 19.8. The first kappa shape index (κ1) is 18.1. The molecule has 4 rings (SSSR count). The molecule has 6 heteroatoms. The molecule has 1 heterocycles. The molecule has 0 saturated carbocycles. The number of nitrogens with zero attached hydrogens (tertiary/aromatic N) is 1. The highest BCUT2D eigenvalue weighted by atomic mass is 32.1. The number of anilines is 1. The molecule has 3 aromatic carbocycles. The minimum absolute atomic E-state index is 0.0756. The quantitative estimate of drug-likeness (QED) is 0.446. The van der Waals surface area contributed by atoms with Crippen LogP contribution in [-0.2, 0) is 0 Å². The third-order valence-corrected chi connectivity index (χ3v) is 5.44. The van der Waals surface area contributed by atoms with Crippen molar-refractivity contribution in [1.29, 1.82) is 0 Å². The second-order valence-corrected chi connectivity index (χ2v) is 7.22. The van der Waals surface area contributed by atoms with E-state index in [4.69, 9.17) is 4.74 Å². The number of ketones is 1. The first-order valence-corrected chi connectivity index (χ1v) is 9.52. The van der Waals surface area contributed by atoms with Crippen molar-refractivity contribution in [1.82, 2.24) is 4.98 Å². The monoisotopic (exact) mass is 392 g/mol. The van der Waals surface area contributed by atoms with Gasteiger partial charge in [0.2, 0.25) is 0 Å². The number of ether oxygens (including phenoxy) is 1. The van der Waals surface area contributed by atoms with E-state index in [1.54, 1.807) is 17.4 Å². The maximum atomic E-state index is 13.8. The van der Waals surface area contributed by atoms with Gasteiger partial charge >= 0.3 is 0 Å². The number of carbonyl (C=O) groups excluding carboxylic acids is 1. The Morgan fingerprint density at radius 3 is 2.61 bits per heavy atom. The van der Waals surface area contributed by atoms with Crippen molar-refractivity contribution >= 4 is 33.0 Å². The number of nitrogens with one attached hydrogen (secondary N) is 1. The number of para-hydroxylation sites is 1. The minimum atomic E-state index is -0.548. The van der Waals surface area contributed by atoms with Crippen molar-refractivity contribution in [3.63, 3.8) is 0 Å². The van der Waals surface area contributed by atoms with Crippen LogP contribution in [0.15, 0.2) is 66.7 Å². The highest BCUT2D eigenvalue weighted by molar-refractivity contribution is 7.21. The lowest BCUT2D eigenvalue weighted by atomic mass is 10.1. The van der Waals surface area contributed by atoms with Crippen LogP contribution in [0, 0.1) is 5.82 Å². The number of halogens is 1. The topological polar surface area (TPSA) is 51.2 Å². The van der Waals surface area contributed by atoms with Gasteiger partial charge < -0.3 is 10.1 Å².